The highest BCUT2D eigenvalue weighted by Gasteiger charge is 2.11. The van der Waals surface area contributed by atoms with E-state index in [0.717, 1.165) is 4.47 Å². The molecule has 1 N–H and O–H groups in total. The number of hydrogen-bond acceptors (Lipinski definition) is 3. The second-order valence-electron chi connectivity index (χ2n) is 4.98. The fraction of sp³-hybridized carbons (Fsp3) is 0.0625. The summed E-state index contributed by atoms with van der Waals surface area (Å²) in [5.74, 6) is 0.106. The molecule has 0 fully saturated rings. The maximum atomic E-state index is 13.0. The molecule has 122 valence electrons. The Bertz CT molecular complexity index is 977. The van der Waals surface area contributed by atoms with Crippen molar-refractivity contribution in [3.8, 4) is 5.69 Å². The monoisotopic (exact) mass is 452 g/mol. The molecule has 0 atom stereocenters. The number of aryl methyl sites for hydroxylation is 1. The molecule has 0 aliphatic rings. The maximum Gasteiger partial charge on any atom is 0.280 e. The van der Waals surface area contributed by atoms with E-state index in [1.54, 1.807) is 13.1 Å². The van der Waals surface area contributed by atoms with E-state index in [2.05, 4.69) is 46.9 Å². The van der Waals surface area contributed by atoms with Crippen LogP contribution < -0.4 is 5.56 Å². The van der Waals surface area contributed by atoms with Gasteiger partial charge in [0.25, 0.3) is 5.56 Å². The summed E-state index contributed by atoms with van der Waals surface area (Å²) < 4.78 is 15.9. The van der Waals surface area contributed by atoms with Crippen LogP contribution in [0.25, 0.3) is 5.69 Å². The fourth-order valence-corrected chi connectivity index (χ4v) is 3.20. The van der Waals surface area contributed by atoms with Crippen molar-refractivity contribution >= 4 is 43.9 Å². The minimum absolute atomic E-state index is 0.268. The zero-order valence-electron chi connectivity index (χ0n) is 12.4. The van der Waals surface area contributed by atoms with E-state index in [4.69, 9.17) is 0 Å². The van der Waals surface area contributed by atoms with Crippen molar-refractivity contribution in [3.05, 3.63) is 72.9 Å². The summed E-state index contributed by atoms with van der Waals surface area (Å²) in [5, 5.41) is 2.96. The van der Waals surface area contributed by atoms with Crippen molar-refractivity contribution in [1.82, 2.24) is 14.8 Å². The zero-order chi connectivity index (χ0) is 17.3. The topological polar surface area (TPSA) is 63.0 Å². The summed E-state index contributed by atoms with van der Waals surface area (Å²) in [6.45, 7) is 1.77. The molecule has 0 bridgehead atoms. The zero-order valence-corrected chi connectivity index (χ0v) is 15.6. The van der Waals surface area contributed by atoms with Crippen LogP contribution in [0.15, 0.2) is 55.3 Å². The summed E-state index contributed by atoms with van der Waals surface area (Å²) >= 11 is 6.69. The van der Waals surface area contributed by atoms with Crippen LogP contribution >= 0.6 is 31.9 Å². The third-order valence-electron chi connectivity index (χ3n) is 3.31. The molecule has 1 aromatic carbocycles. The molecule has 0 aliphatic heterocycles. The summed E-state index contributed by atoms with van der Waals surface area (Å²) in [5.41, 5.74) is 1.35. The van der Waals surface area contributed by atoms with Crippen molar-refractivity contribution in [2.24, 2.45) is 4.99 Å². The highest BCUT2D eigenvalue weighted by molar-refractivity contribution is 9.11. The number of nitrogens with one attached hydrogen (secondary N) is 1. The molecule has 0 radical (unpaired) electrons. The van der Waals surface area contributed by atoms with Crippen molar-refractivity contribution < 1.29 is 4.39 Å². The summed E-state index contributed by atoms with van der Waals surface area (Å²) in [7, 11) is 0. The highest BCUT2D eigenvalue weighted by atomic mass is 79.9. The second-order valence-corrected chi connectivity index (χ2v) is 6.75. The summed E-state index contributed by atoms with van der Waals surface area (Å²) in [6, 6.07) is 7.48. The largest absolute Gasteiger partial charge is 0.295 e. The van der Waals surface area contributed by atoms with Gasteiger partial charge in [-0.2, -0.15) is 0 Å². The summed E-state index contributed by atoms with van der Waals surface area (Å²) in [6.07, 6.45) is 3.09. The van der Waals surface area contributed by atoms with Gasteiger partial charge < -0.3 is 0 Å². The molecule has 0 saturated heterocycles. The molecular formula is C16H11Br2FN4O. The van der Waals surface area contributed by atoms with E-state index < -0.39 is 0 Å². The van der Waals surface area contributed by atoms with Crippen LogP contribution in [0, 0.1) is 12.7 Å². The first kappa shape index (κ1) is 16.8. The molecule has 0 amide bonds. The Kier molecular flexibility index (Phi) is 4.77. The number of nitrogens with zero attached hydrogens (tertiary/aromatic N) is 3. The molecule has 8 heteroatoms. The van der Waals surface area contributed by atoms with Gasteiger partial charge >= 0.3 is 0 Å². The second kappa shape index (κ2) is 6.82. The van der Waals surface area contributed by atoms with Gasteiger partial charge in [-0.15, -0.1) is 0 Å². The molecule has 0 unspecified atom stereocenters. The Morgan fingerprint density at radius 3 is 2.67 bits per heavy atom. The van der Waals surface area contributed by atoms with Gasteiger partial charge in [-0.05, 0) is 69.1 Å². The number of aromatic amines is 1. The number of halogens is 3. The van der Waals surface area contributed by atoms with Gasteiger partial charge in [0.2, 0.25) is 0 Å². The van der Waals surface area contributed by atoms with Gasteiger partial charge in [0.15, 0.2) is 5.82 Å². The van der Waals surface area contributed by atoms with Crippen molar-refractivity contribution in [3.63, 3.8) is 0 Å². The number of pyridine rings is 1. The number of aliphatic imine (C=N–C) groups is 1. The molecule has 3 rings (SSSR count). The number of hydrogen-bond donors (Lipinski definition) is 1. The smallest absolute Gasteiger partial charge is 0.280 e. The Labute approximate surface area is 153 Å². The maximum absolute atomic E-state index is 13.0. The first-order chi connectivity index (χ1) is 11.5. The number of H-pyrrole nitrogens is 1. The normalized spacial score (nSPS) is 11.3. The van der Waals surface area contributed by atoms with E-state index >= 15 is 0 Å². The lowest BCUT2D eigenvalue weighted by Gasteiger charge is -2.00. The van der Waals surface area contributed by atoms with Crippen LogP contribution in [0.5, 0.6) is 0 Å². The molecule has 24 heavy (non-hydrogen) atoms. The Balaban J connectivity index is 1.99. The molecule has 2 aromatic heterocycles. The molecule has 0 spiro atoms. The molecule has 5 nitrogen and oxygen atoms in total. The van der Waals surface area contributed by atoms with Gasteiger partial charge in [0.1, 0.15) is 5.82 Å². The SMILES string of the molecule is Cc1[nH]n(-c2ccc(F)cc2)c(=O)c1C=Nc1ncc(Br)cc1Br. The predicted molar refractivity (Wildman–Crippen MR) is 98.0 cm³/mol. The van der Waals surface area contributed by atoms with Crippen LogP contribution in [0.3, 0.4) is 0 Å². The van der Waals surface area contributed by atoms with Gasteiger partial charge in [-0.3, -0.25) is 9.89 Å². The average molecular weight is 454 g/mol. The first-order valence-electron chi connectivity index (χ1n) is 6.88. The third kappa shape index (κ3) is 3.39. The fourth-order valence-electron chi connectivity index (χ4n) is 2.11. The Morgan fingerprint density at radius 1 is 1.29 bits per heavy atom. The first-order valence-corrected chi connectivity index (χ1v) is 8.47. The van der Waals surface area contributed by atoms with Gasteiger partial charge in [0.05, 0.1) is 15.7 Å². The van der Waals surface area contributed by atoms with E-state index in [9.17, 15) is 9.18 Å². The van der Waals surface area contributed by atoms with Gasteiger partial charge in [0, 0.05) is 22.6 Å². The number of benzene rings is 1. The third-order valence-corrected chi connectivity index (χ3v) is 4.32. The van der Waals surface area contributed by atoms with Crippen LogP contribution in [0.1, 0.15) is 11.3 Å². The molecule has 0 saturated carbocycles. The predicted octanol–water partition coefficient (Wildman–Crippen LogP) is 4.28. The lowest BCUT2D eigenvalue weighted by molar-refractivity contribution is 0.627. The Hall–Kier alpha value is -2.06. The molecule has 0 aliphatic carbocycles. The minimum atomic E-state index is -0.358. The molecule has 2 heterocycles. The van der Waals surface area contributed by atoms with Crippen molar-refractivity contribution in [2.75, 3.05) is 0 Å². The molecule has 3 aromatic rings. The van der Waals surface area contributed by atoms with Crippen molar-refractivity contribution in [1.29, 1.82) is 0 Å². The summed E-state index contributed by atoms with van der Waals surface area (Å²) in [4.78, 5) is 21.0. The van der Waals surface area contributed by atoms with Crippen LogP contribution in [-0.4, -0.2) is 21.0 Å². The van der Waals surface area contributed by atoms with E-state index in [0.29, 0.717) is 27.2 Å². The lowest BCUT2D eigenvalue weighted by Crippen LogP contribution is -2.17. The van der Waals surface area contributed by atoms with Crippen LogP contribution in [-0.2, 0) is 0 Å². The standard InChI is InChI=1S/C16H11Br2FN4O/c1-9-13(8-21-15-14(18)6-10(17)7-20-15)16(24)23(22-9)12-4-2-11(19)3-5-12/h2-8,22H,1H3. The average Bonchev–Trinajstić information content (AvgIpc) is 2.82. The minimum Gasteiger partial charge on any atom is -0.295 e. The van der Waals surface area contributed by atoms with Crippen molar-refractivity contribution in [2.45, 2.75) is 6.92 Å². The quantitative estimate of drug-likeness (QED) is 0.601. The van der Waals surface area contributed by atoms with E-state index in [-0.39, 0.29) is 11.4 Å². The van der Waals surface area contributed by atoms with E-state index in [1.807, 2.05) is 6.07 Å². The number of aromatic nitrogens is 3. The lowest BCUT2D eigenvalue weighted by atomic mass is 10.3. The Morgan fingerprint density at radius 2 is 2.00 bits per heavy atom. The number of rotatable bonds is 3. The van der Waals surface area contributed by atoms with Crippen LogP contribution in [0.4, 0.5) is 10.2 Å². The highest BCUT2D eigenvalue weighted by Crippen LogP contribution is 2.25. The van der Waals surface area contributed by atoms with Crippen LogP contribution in [0.2, 0.25) is 0 Å². The van der Waals surface area contributed by atoms with E-state index in [1.165, 1.54) is 35.2 Å². The van der Waals surface area contributed by atoms with Gasteiger partial charge in [-0.1, -0.05) is 0 Å². The molecular weight excluding hydrogens is 443 g/mol. The van der Waals surface area contributed by atoms with Gasteiger partial charge in [-0.25, -0.2) is 19.0 Å².